The van der Waals surface area contributed by atoms with Gasteiger partial charge in [0.1, 0.15) is 11.6 Å². The topological polar surface area (TPSA) is 86.7 Å². The standard InChI is InChI=1S/C16H13Cl2FN2O4S/c17-11-8-12(18)13(19)7-10(11)16(23)20-14-6-9(2-3-15(14)22)21-4-1-5-26(21,24)25/h2-3,6-8,22H,1,4-5H2,(H,20,23). The molecule has 1 aliphatic rings. The summed E-state index contributed by atoms with van der Waals surface area (Å²) >= 11 is 11.5. The molecule has 0 spiro atoms. The molecule has 1 heterocycles. The molecule has 10 heteroatoms. The molecule has 1 aliphatic heterocycles. The van der Waals surface area contributed by atoms with Crippen LogP contribution < -0.4 is 9.62 Å². The molecule has 1 fully saturated rings. The number of rotatable bonds is 3. The first-order chi connectivity index (χ1) is 12.2. The van der Waals surface area contributed by atoms with E-state index in [4.69, 9.17) is 23.2 Å². The molecule has 0 bridgehead atoms. The van der Waals surface area contributed by atoms with Crippen LogP contribution in [-0.2, 0) is 10.0 Å². The fourth-order valence-corrected chi connectivity index (χ4v) is 4.62. The zero-order chi connectivity index (χ0) is 19.1. The molecule has 2 N–H and O–H groups in total. The minimum absolute atomic E-state index is 0.0268. The Labute approximate surface area is 159 Å². The van der Waals surface area contributed by atoms with Crippen LogP contribution in [0.1, 0.15) is 16.8 Å². The molecule has 1 saturated heterocycles. The van der Waals surface area contributed by atoms with Crippen LogP contribution in [0.5, 0.6) is 5.75 Å². The second-order valence-corrected chi connectivity index (χ2v) is 8.47. The highest BCUT2D eigenvalue weighted by Gasteiger charge is 2.29. The van der Waals surface area contributed by atoms with E-state index in [0.717, 1.165) is 12.1 Å². The van der Waals surface area contributed by atoms with Crippen LogP contribution in [0, 0.1) is 5.82 Å². The third-order valence-electron chi connectivity index (χ3n) is 3.87. The largest absolute Gasteiger partial charge is 0.506 e. The fourth-order valence-electron chi connectivity index (χ4n) is 2.60. The van der Waals surface area contributed by atoms with Crippen LogP contribution in [0.25, 0.3) is 0 Å². The van der Waals surface area contributed by atoms with E-state index in [2.05, 4.69) is 5.32 Å². The van der Waals surface area contributed by atoms with Crippen LogP contribution in [0.4, 0.5) is 15.8 Å². The van der Waals surface area contributed by atoms with E-state index in [1.165, 1.54) is 22.5 Å². The highest BCUT2D eigenvalue weighted by Crippen LogP contribution is 2.33. The van der Waals surface area contributed by atoms with Gasteiger partial charge in [0.25, 0.3) is 5.91 Å². The van der Waals surface area contributed by atoms with Gasteiger partial charge < -0.3 is 10.4 Å². The van der Waals surface area contributed by atoms with Gasteiger partial charge in [-0.1, -0.05) is 23.2 Å². The maximum Gasteiger partial charge on any atom is 0.257 e. The second-order valence-electron chi connectivity index (χ2n) is 5.64. The van der Waals surface area contributed by atoms with Gasteiger partial charge in [0.2, 0.25) is 10.0 Å². The molecule has 0 aliphatic carbocycles. The van der Waals surface area contributed by atoms with Crippen molar-refractivity contribution in [1.82, 2.24) is 0 Å². The summed E-state index contributed by atoms with van der Waals surface area (Å²) in [6.45, 7) is 0.314. The molecule has 0 radical (unpaired) electrons. The van der Waals surface area contributed by atoms with Gasteiger partial charge in [0, 0.05) is 6.54 Å². The summed E-state index contributed by atoms with van der Waals surface area (Å²) in [6.07, 6.45) is 0.491. The molecular weight excluding hydrogens is 406 g/mol. The van der Waals surface area contributed by atoms with Crippen molar-refractivity contribution in [2.24, 2.45) is 0 Å². The van der Waals surface area contributed by atoms with E-state index in [-0.39, 0.29) is 32.8 Å². The summed E-state index contributed by atoms with van der Waals surface area (Å²) in [5.74, 6) is -1.83. The lowest BCUT2D eigenvalue weighted by atomic mass is 10.2. The highest BCUT2D eigenvalue weighted by atomic mass is 35.5. The number of carbonyl (C=O) groups excluding carboxylic acids is 1. The number of phenolic OH excluding ortho intramolecular Hbond substituents is 1. The number of nitrogens with one attached hydrogen (secondary N) is 1. The number of hydrogen-bond acceptors (Lipinski definition) is 4. The van der Waals surface area contributed by atoms with E-state index in [1.54, 1.807) is 0 Å². The van der Waals surface area contributed by atoms with Crippen LogP contribution >= 0.6 is 23.2 Å². The zero-order valence-corrected chi connectivity index (χ0v) is 15.5. The molecule has 26 heavy (non-hydrogen) atoms. The molecule has 3 rings (SSSR count). The number of aromatic hydroxyl groups is 1. The number of sulfonamides is 1. The Hall–Kier alpha value is -2.03. The number of halogens is 3. The van der Waals surface area contributed by atoms with Crippen molar-refractivity contribution in [2.45, 2.75) is 6.42 Å². The molecule has 0 unspecified atom stereocenters. The van der Waals surface area contributed by atoms with E-state index >= 15 is 0 Å². The number of benzene rings is 2. The van der Waals surface area contributed by atoms with E-state index < -0.39 is 21.7 Å². The number of anilines is 2. The van der Waals surface area contributed by atoms with Crippen molar-refractivity contribution in [2.75, 3.05) is 21.9 Å². The molecule has 1 amide bonds. The summed E-state index contributed by atoms with van der Waals surface area (Å²) in [5, 5.41) is 12.1. The summed E-state index contributed by atoms with van der Waals surface area (Å²) in [6, 6.07) is 6.01. The van der Waals surface area contributed by atoms with Gasteiger partial charge in [0.05, 0.1) is 32.7 Å². The molecule has 0 saturated carbocycles. The average Bonchev–Trinajstić information content (AvgIpc) is 2.92. The summed E-state index contributed by atoms with van der Waals surface area (Å²) in [7, 11) is -3.41. The third-order valence-corrected chi connectivity index (χ3v) is 6.34. The summed E-state index contributed by atoms with van der Waals surface area (Å²) in [4.78, 5) is 12.4. The lowest BCUT2D eigenvalue weighted by Gasteiger charge is -2.18. The first-order valence-corrected chi connectivity index (χ1v) is 9.85. The number of nitrogens with zero attached hydrogens (tertiary/aromatic N) is 1. The van der Waals surface area contributed by atoms with Gasteiger partial charge in [-0.2, -0.15) is 0 Å². The van der Waals surface area contributed by atoms with Gasteiger partial charge in [-0.05, 0) is 36.8 Å². The Bertz CT molecular complexity index is 998. The molecule has 2 aromatic rings. The maximum absolute atomic E-state index is 13.6. The molecule has 6 nitrogen and oxygen atoms in total. The molecular formula is C16H13Cl2FN2O4S. The van der Waals surface area contributed by atoms with Crippen LogP contribution in [-0.4, -0.2) is 31.7 Å². The third kappa shape index (κ3) is 3.58. The Balaban J connectivity index is 1.92. The lowest BCUT2D eigenvalue weighted by molar-refractivity contribution is 0.102. The van der Waals surface area contributed by atoms with Crippen LogP contribution in [0.2, 0.25) is 10.0 Å². The van der Waals surface area contributed by atoms with Gasteiger partial charge >= 0.3 is 0 Å². The Morgan fingerprint density at radius 1 is 1.19 bits per heavy atom. The quantitative estimate of drug-likeness (QED) is 0.588. The van der Waals surface area contributed by atoms with Gasteiger partial charge in [-0.15, -0.1) is 0 Å². The van der Waals surface area contributed by atoms with Crippen LogP contribution in [0.3, 0.4) is 0 Å². The zero-order valence-electron chi connectivity index (χ0n) is 13.2. The molecule has 2 aromatic carbocycles. The van der Waals surface area contributed by atoms with Crippen molar-refractivity contribution in [1.29, 1.82) is 0 Å². The smallest absolute Gasteiger partial charge is 0.257 e. The van der Waals surface area contributed by atoms with E-state index in [1.807, 2.05) is 0 Å². The van der Waals surface area contributed by atoms with Crippen molar-refractivity contribution < 1.29 is 22.7 Å². The Morgan fingerprint density at radius 3 is 2.58 bits per heavy atom. The van der Waals surface area contributed by atoms with Gasteiger partial charge in [-0.3, -0.25) is 9.10 Å². The minimum Gasteiger partial charge on any atom is -0.506 e. The summed E-state index contributed by atoms with van der Waals surface area (Å²) < 4.78 is 38.8. The number of amides is 1. The molecule has 0 atom stereocenters. The fraction of sp³-hybridized carbons (Fsp3) is 0.188. The number of carbonyl (C=O) groups is 1. The van der Waals surface area contributed by atoms with Crippen molar-refractivity contribution >= 4 is 50.5 Å². The molecule has 0 aromatic heterocycles. The van der Waals surface area contributed by atoms with Gasteiger partial charge in [0.15, 0.2) is 0 Å². The van der Waals surface area contributed by atoms with Crippen molar-refractivity contribution in [3.8, 4) is 5.75 Å². The highest BCUT2D eigenvalue weighted by molar-refractivity contribution is 7.93. The minimum atomic E-state index is -3.41. The van der Waals surface area contributed by atoms with Gasteiger partial charge in [-0.25, -0.2) is 12.8 Å². The average molecular weight is 419 g/mol. The van der Waals surface area contributed by atoms with Crippen molar-refractivity contribution in [3.63, 3.8) is 0 Å². The Kier molecular flexibility index (Phi) is 5.01. The SMILES string of the molecule is O=C(Nc1cc(N2CCCS2(=O)=O)ccc1O)c1cc(F)c(Cl)cc1Cl. The first-order valence-electron chi connectivity index (χ1n) is 7.48. The van der Waals surface area contributed by atoms with Crippen molar-refractivity contribution in [3.05, 3.63) is 51.8 Å². The number of phenols is 1. The number of hydrogen-bond donors (Lipinski definition) is 2. The monoisotopic (exact) mass is 418 g/mol. The normalized spacial score (nSPS) is 15.9. The van der Waals surface area contributed by atoms with E-state index in [9.17, 15) is 22.7 Å². The predicted molar refractivity (Wildman–Crippen MR) is 98.2 cm³/mol. The lowest BCUT2D eigenvalue weighted by Crippen LogP contribution is -2.25. The van der Waals surface area contributed by atoms with E-state index in [0.29, 0.717) is 18.7 Å². The Morgan fingerprint density at radius 2 is 1.92 bits per heavy atom. The predicted octanol–water partition coefficient (Wildman–Crippen LogP) is 3.63. The summed E-state index contributed by atoms with van der Waals surface area (Å²) in [5.41, 5.74) is 0.108. The van der Waals surface area contributed by atoms with Crippen LogP contribution in [0.15, 0.2) is 30.3 Å². The molecule has 138 valence electrons. The second kappa shape index (κ2) is 6.94. The first kappa shape index (κ1) is 18.8. The maximum atomic E-state index is 13.6.